The molecule has 0 fully saturated rings. The van der Waals surface area contributed by atoms with Gasteiger partial charge in [0.2, 0.25) is 5.91 Å². The predicted molar refractivity (Wildman–Crippen MR) is 25.7 cm³/mol. The molecule has 0 aliphatic carbocycles. The number of aliphatic hydroxyl groups excluding tert-OH is 1. The second-order valence-electron chi connectivity index (χ2n) is 1.34. The maximum Gasteiger partial charge on any atom is 0.245 e. The van der Waals surface area contributed by atoms with Crippen molar-refractivity contribution in [2.75, 3.05) is 0 Å². The molecule has 0 heterocycles. The number of carbonyl (C=O) groups is 1. The molecule has 1 radical (unpaired) electrons. The highest BCUT2D eigenvalue weighted by Gasteiger charge is 2.08. The summed E-state index contributed by atoms with van der Waals surface area (Å²) in [4.78, 5) is 10.1. The van der Waals surface area contributed by atoms with Gasteiger partial charge in [-0.3, -0.25) is 10.0 Å². The van der Waals surface area contributed by atoms with Crippen LogP contribution in [0.15, 0.2) is 0 Å². The van der Waals surface area contributed by atoms with E-state index in [2.05, 4.69) is 6.92 Å². The van der Waals surface area contributed by atoms with E-state index < -0.39 is 12.1 Å². The third-order valence-corrected chi connectivity index (χ3v) is 0.605. The zero-order valence-corrected chi connectivity index (χ0v) is 4.53. The standard InChI is InChI=1S/C4H8NO3/c1-3(6)5(8)4(2)7/h3,6,8H,1H2,2H3. The van der Waals surface area contributed by atoms with Crippen LogP contribution in [0.2, 0.25) is 0 Å². The molecular formula is C4H8NO3. The van der Waals surface area contributed by atoms with Crippen molar-refractivity contribution in [2.24, 2.45) is 0 Å². The summed E-state index contributed by atoms with van der Waals surface area (Å²) in [6.45, 7) is 4.09. The van der Waals surface area contributed by atoms with Crippen LogP contribution in [0.25, 0.3) is 0 Å². The highest BCUT2D eigenvalue weighted by molar-refractivity contribution is 5.71. The van der Waals surface area contributed by atoms with Gasteiger partial charge in [0.15, 0.2) is 6.23 Å². The fraction of sp³-hybridized carbons (Fsp3) is 0.500. The van der Waals surface area contributed by atoms with E-state index in [1.165, 1.54) is 0 Å². The van der Waals surface area contributed by atoms with E-state index in [-0.39, 0.29) is 5.06 Å². The average Bonchev–Trinajstić information content (AvgIpc) is 1.64. The average molecular weight is 118 g/mol. The number of amides is 1. The molecule has 0 saturated carbocycles. The zero-order valence-electron chi connectivity index (χ0n) is 4.53. The Morgan fingerprint density at radius 1 is 1.88 bits per heavy atom. The number of hydroxylamine groups is 2. The van der Waals surface area contributed by atoms with Crippen molar-refractivity contribution >= 4 is 5.91 Å². The molecule has 47 valence electrons. The van der Waals surface area contributed by atoms with Crippen LogP contribution in [0.3, 0.4) is 0 Å². The first kappa shape index (κ1) is 7.39. The number of carbonyl (C=O) groups excluding carboxylic acids is 1. The molecule has 0 bridgehead atoms. The van der Waals surface area contributed by atoms with Crippen LogP contribution in [-0.2, 0) is 4.79 Å². The first-order chi connectivity index (χ1) is 3.55. The molecule has 1 amide bonds. The van der Waals surface area contributed by atoms with Crippen molar-refractivity contribution < 1.29 is 15.1 Å². The molecule has 1 unspecified atom stereocenters. The van der Waals surface area contributed by atoms with Gasteiger partial charge < -0.3 is 5.11 Å². The number of hydrogen-bond donors (Lipinski definition) is 2. The van der Waals surface area contributed by atoms with Gasteiger partial charge in [0.25, 0.3) is 0 Å². The van der Waals surface area contributed by atoms with Gasteiger partial charge in [-0.15, -0.1) is 0 Å². The highest BCUT2D eigenvalue weighted by atomic mass is 16.5. The summed E-state index contributed by atoms with van der Waals surface area (Å²) in [7, 11) is 0. The summed E-state index contributed by atoms with van der Waals surface area (Å²) in [6.07, 6.45) is -1.37. The SMILES string of the molecule is [CH2]C(O)N(O)C(C)=O. The minimum atomic E-state index is -1.37. The van der Waals surface area contributed by atoms with Crippen molar-refractivity contribution in [2.45, 2.75) is 13.2 Å². The number of rotatable bonds is 1. The van der Waals surface area contributed by atoms with Crippen molar-refractivity contribution in [1.82, 2.24) is 5.06 Å². The van der Waals surface area contributed by atoms with Crippen LogP contribution in [0.5, 0.6) is 0 Å². The maximum atomic E-state index is 10.1. The van der Waals surface area contributed by atoms with Crippen LogP contribution < -0.4 is 0 Å². The van der Waals surface area contributed by atoms with Gasteiger partial charge in [0.05, 0.1) is 0 Å². The van der Waals surface area contributed by atoms with Crippen molar-refractivity contribution in [3.05, 3.63) is 6.92 Å². The third-order valence-electron chi connectivity index (χ3n) is 0.605. The van der Waals surface area contributed by atoms with E-state index in [1.54, 1.807) is 0 Å². The summed E-state index contributed by atoms with van der Waals surface area (Å²) in [5.41, 5.74) is 0. The summed E-state index contributed by atoms with van der Waals surface area (Å²) in [5.74, 6) is -0.632. The van der Waals surface area contributed by atoms with Crippen LogP contribution in [-0.4, -0.2) is 27.5 Å². The molecule has 8 heavy (non-hydrogen) atoms. The van der Waals surface area contributed by atoms with Crippen molar-refractivity contribution in [3.8, 4) is 0 Å². The highest BCUT2D eigenvalue weighted by Crippen LogP contribution is 1.87. The number of aliphatic hydroxyl groups is 1. The Morgan fingerprint density at radius 3 is 2.25 bits per heavy atom. The Kier molecular flexibility index (Phi) is 2.44. The molecule has 0 saturated heterocycles. The normalized spacial score (nSPS) is 13.0. The first-order valence-electron chi connectivity index (χ1n) is 2.05. The fourth-order valence-corrected chi connectivity index (χ4v) is 0.210. The first-order valence-corrected chi connectivity index (χ1v) is 2.05. The van der Waals surface area contributed by atoms with E-state index in [1.807, 2.05) is 0 Å². The Balaban J connectivity index is 3.64. The lowest BCUT2D eigenvalue weighted by molar-refractivity contribution is -0.193. The van der Waals surface area contributed by atoms with Gasteiger partial charge in [-0.05, 0) is 6.92 Å². The smallest absolute Gasteiger partial charge is 0.245 e. The molecule has 0 spiro atoms. The summed E-state index contributed by atoms with van der Waals surface area (Å²) in [5, 5.41) is 16.8. The Labute approximate surface area is 47.3 Å². The molecule has 0 aromatic rings. The summed E-state index contributed by atoms with van der Waals surface area (Å²) < 4.78 is 0. The van der Waals surface area contributed by atoms with Crippen LogP contribution in [0.1, 0.15) is 6.92 Å². The van der Waals surface area contributed by atoms with E-state index in [9.17, 15) is 4.79 Å². The topological polar surface area (TPSA) is 60.8 Å². The lowest BCUT2D eigenvalue weighted by Crippen LogP contribution is -2.33. The van der Waals surface area contributed by atoms with Gasteiger partial charge in [-0.2, -0.15) is 5.06 Å². The molecule has 0 aliphatic rings. The molecule has 1 atom stereocenters. The molecule has 0 aromatic heterocycles. The van der Waals surface area contributed by atoms with E-state index >= 15 is 0 Å². The van der Waals surface area contributed by atoms with Gasteiger partial charge in [-0.1, -0.05) is 0 Å². The van der Waals surface area contributed by atoms with E-state index in [0.717, 1.165) is 6.92 Å². The molecule has 0 aliphatic heterocycles. The van der Waals surface area contributed by atoms with E-state index in [4.69, 9.17) is 10.3 Å². The molecule has 0 aromatic carbocycles. The Hall–Kier alpha value is -0.610. The molecular weight excluding hydrogens is 110 g/mol. The predicted octanol–water partition coefficient (Wildman–Crippen LogP) is -0.623. The van der Waals surface area contributed by atoms with Crippen molar-refractivity contribution in [3.63, 3.8) is 0 Å². The second kappa shape index (κ2) is 2.64. The van der Waals surface area contributed by atoms with Gasteiger partial charge in [0, 0.05) is 6.92 Å². The van der Waals surface area contributed by atoms with Crippen molar-refractivity contribution in [1.29, 1.82) is 0 Å². The lowest BCUT2D eigenvalue weighted by Gasteiger charge is -2.14. The van der Waals surface area contributed by atoms with E-state index in [0.29, 0.717) is 0 Å². The number of hydrogen-bond acceptors (Lipinski definition) is 3. The van der Waals surface area contributed by atoms with Gasteiger partial charge in [0.1, 0.15) is 0 Å². The maximum absolute atomic E-state index is 10.1. The van der Waals surface area contributed by atoms with Crippen LogP contribution >= 0.6 is 0 Å². The molecule has 4 heteroatoms. The minimum Gasteiger partial charge on any atom is -0.371 e. The summed E-state index contributed by atoms with van der Waals surface area (Å²) >= 11 is 0. The second-order valence-corrected chi connectivity index (χ2v) is 1.34. The minimum absolute atomic E-state index is 0.139. The van der Waals surface area contributed by atoms with Gasteiger partial charge in [-0.25, -0.2) is 0 Å². The van der Waals surface area contributed by atoms with Crippen LogP contribution in [0, 0.1) is 6.92 Å². The zero-order chi connectivity index (χ0) is 6.73. The quantitative estimate of drug-likeness (QED) is 0.274. The monoisotopic (exact) mass is 118 g/mol. The Bertz CT molecular complexity index is 91.3. The Morgan fingerprint density at radius 2 is 2.25 bits per heavy atom. The third kappa shape index (κ3) is 1.90. The number of nitrogens with zero attached hydrogens (tertiary/aromatic N) is 1. The largest absolute Gasteiger partial charge is 0.371 e. The van der Waals surface area contributed by atoms with Gasteiger partial charge >= 0.3 is 0 Å². The molecule has 0 rings (SSSR count). The lowest BCUT2D eigenvalue weighted by atomic mass is 10.6. The molecule has 2 N–H and O–H groups in total. The van der Waals surface area contributed by atoms with Crippen LogP contribution in [0.4, 0.5) is 0 Å². The summed E-state index contributed by atoms with van der Waals surface area (Å²) in [6, 6.07) is 0. The molecule has 4 nitrogen and oxygen atoms in total. The fourth-order valence-electron chi connectivity index (χ4n) is 0.210.